The van der Waals surface area contributed by atoms with Gasteiger partial charge >= 0.3 is 5.97 Å². The molecule has 4 heteroatoms. The monoisotopic (exact) mass is 249 g/mol. The summed E-state index contributed by atoms with van der Waals surface area (Å²) < 4.78 is 5.31. The molecule has 1 saturated heterocycles. The van der Waals surface area contributed by atoms with Crippen LogP contribution in [0.3, 0.4) is 0 Å². The van der Waals surface area contributed by atoms with E-state index >= 15 is 0 Å². The molecule has 2 N–H and O–H groups in total. The molecule has 4 nitrogen and oxygen atoms in total. The van der Waals surface area contributed by atoms with E-state index in [0.717, 1.165) is 38.2 Å². The van der Waals surface area contributed by atoms with E-state index in [4.69, 9.17) is 9.84 Å². The molecule has 0 spiro atoms. The molecule has 1 aliphatic rings. The van der Waals surface area contributed by atoms with Crippen LogP contribution in [0, 0.1) is 12.8 Å². The summed E-state index contributed by atoms with van der Waals surface area (Å²) in [6.45, 7) is 4.40. The molecule has 2 rings (SSSR count). The number of rotatable bonds is 4. The molecule has 18 heavy (non-hydrogen) atoms. The van der Waals surface area contributed by atoms with E-state index in [-0.39, 0.29) is 0 Å². The lowest BCUT2D eigenvalue weighted by Crippen LogP contribution is -2.23. The number of benzene rings is 1. The van der Waals surface area contributed by atoms with Crippen molar-refractivity contribution in [3.05, 3.63) is 29.3 Å². The standard InChI is InChI=1S/C14H19NO3/c1-10-2-3-12(14(16)17)13(8-10)15-9-11-4-6-18-7-5-11/h2-3,8,11,15H,4-7,9H2,1H3,(H,16,17). The first-order valence-electron chi connectivity index (χ1n) is 6.32. The van der Waals surface area contributed by atoms with E-state index in [2.05, 4.69) is 5.32 Å². The van der Waals surface area contributed by atoms with Gasteiger partial charge in [-0.2, -0.15) is 0 Å². The highest BCUT2D eigenvalue weighted by Gasteiger charge is 2.15. The molecule has 0 aliphatic carbocycles. The molecule has 1 aliphatic heterocycles. The van der Waals surface area contributed by atoms with Crippen molar-refractivity contribution in [2.45, 2.75) is 19.8 Å². The van der Waals surface area contributed by atoms with Gasteiger partial charge in [-0.3, -0.25) is 0 Å². The zero-order chi connectivity index (χ0) is 13.0. The smallest absolute Gasteiger partial charge is 0.337 e. The summed E-state index contributed by atoms with van der Waals surface area (Å²) in [7, 11) is 0. The molecule has 0 amide bonds. The van der Waals surface area contributed by atoms with Crippen molar-refractivity contribution in [3.8, 4) is 0 Å². The second-order valence-electron chi connectivity index (χ2n) is 4.79. The normalized spacial score (nSPS) is 16.5. The highest BCUT2D eigenvalue weighted by atomic mass is 16.5. The number of nitrogens with one attached hydrogen (secondary N) is 1. The lowest BCUT2D eigenvalue weighted by molar-refractivity contribution is 0.0689. The Labute approximate surface area is 107 Å². The topological polar surface area (TPSA) is 58.6 Å². The predicted molar refractivity (Wildman–Crippen MR) is 70.2 cm³/mol. The summed E-state index contributed by atoms with van der Waals surface area (Å²) in [6.07, 6.45) is 2.09. The van der Waals surface area contributed by atoms with Crippen molar-refractivity contribution in [2.75, 3.05) is 25.1 Å². The number of hydrogen-bond acceptors (Lipinski definition) is 3. The van der Waals surface area contributed by atoms with Crippen LogP contribution in [0.15, 0.2) is 18.2 Å². The second kappa shape index (κ2) is 5.87. The lowest BCUT2D eigenvalue weighted by atomic mass is 10.00. The summed E-state index contributed by atoms with van der Waals surface area (Å²) in [5.41, 5.74) is 2.12. The number of aryl methyl sites for hydroxylation is 1. The van der Waals surface area contributed by atoms with Crippen molar-refractivity contribution in [2.24, 2.45) is 5.92 Å². The molecule has 0 radical (unpaired) electrons. The first-order chi connectivity index (χ1) is 8.66. The minimum absolute atomic E-state index is 0.340. The number of anilines is 1. The Morgan fingerprint density at radius 2 is 2.17 bits per heavy atom. The Balaban J connectivity index is 2.03. The first-order valence-corrected chi connectivity index (χ1v) is 6.32. The zero-order valence-electron chi connectivity index (χ0n) is 10.6. The average molecular weight is 249 g/mol. The van der Waals surface area contributed by atoms with Crippen LogP contribution in [0.25, 0.3) is 0 Å². The lowest BCUT2D eigenvalue weighted by Gasteiger charge is -2.23. The van der Waals surface area contributed by atoms with Crippen molar-refractivity contribution >= 4 is 11.7 Å². The zero-order valence-corrected chi connectivity index (χ0v) is 10.6. The average Bonchev–Trinajstić information content (AvgIpc) is 2.37. The van der Waals surface area contributed by atoms with Gasteiger partial charge in [0, 0.05) is 25.4 Å². The van der Waals surface area contributed by atoms with Crippen molar-refractivity contribution in [3.63, 3.8) is 0 Å². The third-order valence-corrected chi connectivity index (χ3v) is 3.33. The Hall–Kier alpha value is -1.55. The summed E-state index contributed by atoms with van der Waals surface area (Å²) in [6, 6.07) is 5.37. The maximum atomic E-state index is 11.1. The van der Waals surface area contributed by atoms with E-state index in [1.807, 2.05) is 19.1 Å². The number of carbonyl (C=O) groups is 1. The minimum atomic E-state index is -0.885. The second-order valence-corrected chi connectivity index (χ2v) is 4.79. The molecule has 1 fully saturated rings. The molecule has 0 aromatic heterocycles. The quantitative estimate of drug-likeness (QED) is 0.861. The summed E-state index contributed by atoms with van der Waals surface area (Å²) >= 11 is 0. The van der Waals surface area contributed by atoms with Crippen molar-refractivity contribution in [1.29, 1.82) is 0 Å². The van der Waals surface area contributed by atoms with Crippen LogP contribution < -0.4 is 5.32 Å². The van der Waals surface area contributed by atoms with Gasteiger partial charge in [0.1, 0.15) is 0 Å². The van der Waals surface area contributed by atoms with Gasteiger partial charge in [0.25, 0.3) is 0 Å². The number of ether oxygens (including phenoxy) is 1. The van der Waals surface area contributed by atoms with E-state index in [1.54, 1.807) is 6.07 Å². The molecule has 0 unspecified atom stereocenters. The Morgan fingerprint density at radius 3 is 2.83 bits per heavy atom. The van der Waals surface area contributed by atoms with Gasteiger partial charge in [-0.25, -0.2) is 4.79 Å². The third-order valence-electron chi connectivity index (χ3n) is 3.33. The third kappa shape index (κ3) is 3.23. The molecular weight excluding hydrogens is 230 g/mol. The summed E-state index contributed by atoms with van der Waals surface area (Å²) in [4.78, 5) is 11.1. The SMILES string of the molecule is Cc1ccc(C(=O)O)c(NCC2CCOCC2)c1. The number of hydrogen-bond donors (Lipinski definition) is 2. The van der Waals surface area contributed by atoms with E-state index in [1.165, 1.54) is 0 Å². The van der Waals surface area contributed by atoms with Crippen LogP contribution in [0.5, 0.6) is 0 Å². The van der Waals surface area contributed by atoms with Crippen LogP contribution >= 0.6 is 0 Å². The maximum Gasteiger partial charge on any atom is 0.337 e. The van der Waals surface area contributed by atoms with Crippen LogP contribution in [0.2, 0.25) is 0 Å². The Kier molecular flexibility index (Phi) is 4.20. The maximum absolute atomic E-state index is 11.1. The molecule has 1 aromatic carbocycles. The highest BCUT2D eigenvalue weighted by molar-refractivity contribution is 5.94. The van der Waals surface area contributed by atoms with E-state index in [0.29, 0.717) is 17.2 Å². The van der Waals surface area contributed by atoms with Gasteiger partial charge in [0.05, 0.1) is 5.56 Å². The Morgan fingerprint density at radius 1 is 1.44 bits per heavy atom. The van der Waals surface area contributed by atoms with Gasteiger partial charge in [0.15, 0.2) is 0 Å². The van der Waals surface area contributed by atoms with E-state index < -0.39 is 5.97 Å². The number of carboxylic acid groups (broad SMARTS) is 1. The number of aromatic carboxylic acids is 1. The van der Waals surface area contributed by atoms with Crippen LogP contribution in [-0.4, -0.2) is 30.8 Å². The molecule has 1 aromatic rings. The Bertz CT molecular complexity index is 425. The van der Waals surface area contributed by atoms with Crippen molar-refractivity contribution in [1.82, 2.24) is 0 Å². The first kappa shape index (κ1) is 12.9. The van der Waals surface area contributed by atoms with Crippen molar-refractivity contribution < 1.29 is 14.6 Å². The fourth-order valence-electron chi connectivity index (χ4n) is 2.20. The fraction of sp³-hybridized carbons (Fsp3) is 0.500. The van der Waals surface area contributed by atoms with E-state index in [9.17, 15) is 4.79 Å². The van der Waals surface area contributed by atoms with Gasteiger partial charge in [0.2, 0.25) is 0 Å². The molecule has 0 atom stereocenters. The fourth-order valence-corrected chi connectivity index (χ4v) is 2.20. The molecular formula is C14H19NO3. The van der Waals surface area contributed by atoms with Gasteiger partial charge in [-0.15, -0.1) is 0 Å². The highest BCUT2D eigenvalue weighted by Crippen LogP contribution is 2.20. The van der Waals surface area contributed by atoms with Gasteiger partial charge in [-0.05, 0) is 43.4 Å². The largest absolute Gasteiger partial charge is 0.478 e. The van der Waals surface area contributed by atoms with Crippen LogP contribution in [0.4, 0.5) is 5.69 Å². The molecule has 1 heterocycles. The molecule has 0 bridgehead atoms. The number of carboxylic acids is 1. The minimum Gasteiger partial charge on any atom is -0.478 e. The molecule has 98 valence electrons. The summed E-state index contributed by atoms with van der Waals surface area (Å²) in [5, 5.41) is 12.4. The van der Waals surface area contributed by atoms with Gasteiger partial charge < -0.3 is 15.2 Å². The molecule has 0 saturated carbocycles. The van der Waals surface area contributed by atoms with Crippen LogP contribution in [0.1, 0.15) is 28.8 Å². The summed E-state index contributed by atoms with van der Waals surface area (Å²) in [5.74, 6) is -0.314. The van der Waals surface area contributed by atoms with Crippen LogP contribution in [-0.2, 0) is 4.74 Å². The van der Waals surface area contributed by atoms with Gasteiger partial charge in [-0.1, -0.05) is 6.07 Å². The predicted octanol–water partition coefficient (Wildman–Crippen LogP) is 2.53.